The van der Waals surface area contributed by atoms with Crippen molar-refractivity contribution in [1.29, 1.82) is 0 Å². The van der Waals surface area contributed by atoms with Crippen molar-refractivity contribution in [2.45, 2.75) is 45.6 Å². The highest BCUT2D eigenvalue weighted by Gasteiger charge is 2.27. The molecule has 4 rings (SSSR count). The summed E-state index contributed by atoms with van der Waals surface area (Å²) in [6.45, 7) is 8.10. The Morgan fingerprint density at radius 2 is 2.08 bits per heavy atom. The van der Waals surface area contributed by atoms with Crippen molar-refractivity contribution in [3.63, 3.8) is 0 Å². The summed E-state index contributed by atoms with van der Waals surface area (Å²) in [4.78, 5) is 6.64. The van der Waals surface area contributed by atoms with Gasteiger partial charge in [-0.1, -0.05) is 0 Å². The summed E-state index contributed by atoms with van der Waals surface area (Å²) in [5.41, 5.74) is 0.782. The molecule has 1 fully saturated rings. The highest BCUT2D eigenvalue weighted by Crippen LogP contribution is 2.29. The molecular weight excluding hydrogens is 304 g/mol. The van der Waals surface area contributed by atoms with E-state index in [1.807, 2.05) is 25.4 Å². The van der Waals surface area contributed by atoms with E-state index in [9.17, 15) is 0 Å². The lowest BCUT2D eigenvalue weighted by Gasteiger charge is -2.33. The molecule has 0 radical (unpaired) electrons. The summed E-state index contributed by atoms with van der Waals surface area (Å²) in [7, 11) is 0. The van der Waals surface area contributed by atoms with Crippen LogP contribution in [-0.4, -0.2) is 47.7 Å². The van der Waals surface area contributed by atoms with E-state index < -0.39 is 0 Å². The van der Waals surface area contributed by atoms with Crippen LogP contribution in [0.25, 0.3) is 5.65 Å². The Kier molecular flexibility index (Phi) is 3.66. The van der Waals surface area contributed by atoms with Crippen LogP contribution >= 0.6 is 0 Å². The van der Waals surface area contributed by atoms with Crippen LogP contribution in [0.2, 0.25) is 0 Å². The molecule has 1 atom stereocenters. The maximum absolute atomic E-state index is 4.62. The average molecular weight is 326 g/mol. The topological polar surface area (TPSA) is 77.0 Å². The number of piperidine rings is 1. The molecule has 24 heavy (non-hydrogen) atoms. The largest absolute Gasteiger partial charge is 0.354 e. The van der Waals surface area contributed by atoms with Crippen LogP contribution in [-0.2, 0) is 0 Å². The highest BCUT2D eigenvalue weighted by molar-refractivity contribution is 5.45. The van der Waals surface area contributed by atoms with Crippen molar-refractivity contribution >= 4 is 11.5 Å². The van der Waals surface area contributed by atoms with Gasteiger partial charge in [0.15, 0.2) is 11.5 Å². The van der Waals surface area contributed by atoms with Crippen LogP contribution in [0.5, 0.6) is 0 Å². The summed E-state index contributed by atoms with van der Waals surface area (Å²) < 4.78 is 3.79. The number of hydrogen-bond acceptors (Lipinski definition) is 6. The second-order valence-corrected chi connectivity index (χ2v) is 6.67. The summed E-state index contributed by atoms with van der Waals surface area (Å²) >= 11 is 0. The number of anilines is 1. The minimum atomic E-state index is 0.373. The van der Waals surface area contributed by atoms with Crippen LogP contribution in [0.1, 0.15) is 50.3 Å². The van der Waals surface area contributed by atoms with Crippen LogP contribution in [0.3, 0.4) is 0 Å². The van der Waals surface area contributed by atoms with E-state index in [0.29, 0.717) is 12.0 Å². The summed E-state index contributed by atoms with van der Waals surface area (Å²) in [5, 5.41) is 17.4. The molecule has 3 aromatic heterocycles. The second kappa shape index (κ2) is 5.85. The van der Waals surface area contributed by atoms with Gasteiger partial charge in [-0.3, -0.25) is 0 Å². The van der Waals surface area contributed by atoms with Crippen molar-refractivity contribution in [3.8, 4) is 0 Å². The van der Waals surface area contributed by atoms with Crippen molar-refractivity contribution in [2.75, 3.05) is 18.0 Å². The normalized spacial score (nSPS) is 18.7. The van der Waals surface area contributed by atoms with Gasteiger partial charge in [0.25, 0.3) is 0 Å². The van der Waals surface area contributed by atoms with E-state index in [2.05, 4.69) is 48.7 Å². The number of aryl methyl sites for hydroxylation is 1. The van der Waals surface area contributed by atoms with E-state index >= 15 is 0 Å². The summed E-state index contributed by atoms with van der Waals surface area (Å²) in [6.07, 6.45) is 4.08. The Morgan fingerprint density at radius 1 is 1.21 bits per heavy atom. The van der Waals surface area contributed by atoms with E-state index in [4.69, 9.17) is 0 Å². The Labute approximate surface area is 140 Å². The molecule has 0 aromatic carbocycles. The minimum Gasteiger partial charge on any atom is -0.354 e. The van der Waals surface area contributed by atoms with Crippen molar-refractivity contribution < 1.29 is 0 Å². The molecule has 1 aliphatic heterocycles. The molecular formula is C16H22N8. The zero-order chi connectivity index (χ0) is 16.7. The predicted molar refractivity (Wildman–Crippen MR) is 90.1 cm³/mol. The van der Waals surface area contributed by atoms with Gasteiger partial charge >= 0.3 is 0 Å². The van der Waals surface area contributed by atoms with Gasteiger partial charge in [0.1, 0.15) is 18.0 Å². The standard InChI is InChI=1S/C16H22N8/c1-11(2)23-10-17-19-16(23)13-5-4-8-22(9-13)15-7-6-14-18-12(3)20-24(14)21-15/h6-7,10-11,13H,4-5,8-9H2,1-3H3/t13-/m1/s1. The Morgan fingerprint density at radius 3 is 2.92 bits per heavy atom. The van der Waals surface area contributed by atoms with Gasteiger partial charge in [0.05, 0.1) is 0 Å². The quantitative estimate of drug-likeness (QED) is 0.732. The number of rotatable bonds is 3. The monoisotopic (exact) mass is 326 g/mol. The van der Waals surface area contributed by atoms with Gasteiger partial charge in [-0.25, -0.2) is 4.98 Å². The molecule has 0 saturated carbocycles. The van der Waals surface area contributed by atoms with E-state index in [0.717, 1.165) is 49.0 Å². The van der Waals surface area contributed by atoms with Gasteiger partial charge < -0.3 is 9.47 Å². The van der Waals surface area contributed by atoms with Crippen molar-refractivity contribution in [2.24, 2.45) is 0 Å². The van der Waals surface area contributed by atoms with Crippen LogP contribution in [0.4, 0.5) is 5.82 Å². The summed E-state index contributed by atoms with van der Waals surface area (Å²) in [6, 6.07) is 4.37. The van der Waals surface area contributed by atoms with Crippen LogP contribution in [0.15, 0.2) is 18.5 Å². The molecule has 0 amide bonds. The first-order valence-electron chi connectivity index (χ1n) is 8.47. The molecule has 8 nitrogen and oxygen atoms in total. The van der Waals surface area contributed by atoms with Crippen LogP contribution in [0, 0.1) is 6.92 Å². The highest BCUT2D eigenvalue weighted by atomic mass is 15.5. The number of nitrogens with zero attached hydrogens (tertiary/aromatic N) is 8. The maximum atomic E-state index is 4.62. The van der Waals surface area contributed by atoms with Gasteiger partial charge in [0, 0.05) is 25.0 Å². The Bertz CT molecular complexity index is 849. The molecule has 1 saturated heterocycles. The lowest BCUT2D eigenvalue weighted by molar-refractivity contribution is 0.452. The molecule has 4 heterocycles. The molecule has 126 valence electrons. The van der Waals surface area contributed by atoms with Gasteiger partial charge in [0.2, 0.25) is 0 Å². The van der Waals surface area contributed by atoms with Gasteiger partial charge in [-0.05, 0) is 45.7 Å². The van der Waals surface area contributed by atoms with Gasteiger partial charge in [-0.15, -0.1) is 25.0 Å². The van der Waals surface area contributed by atoms with Crippen molar-refractivity contribution in [3.05, 3.63) is 30.1 Å². The SMILES string of the molecule is Cc1nc2ccc(N3CCC[C@@H](c4nncn4C(C)C)C3)nn2n1. The lowest BCUT2D eigenvalue weighted by Crippen LogP contribution is -2.36. The third-order valence-electron chi connectivity index (χ3n) is 4.57. The molecule has 0 spiro atoms. The molecule has 0 aliphatic carbocycles. The lowest BCUT2D eigenvalue weighted by atomic mass is 9.97. The van der Waals surface area contributed by atoms with E-state index in [1.165, 1.54) is 0 Å². The molecule has 1 aliphatic rings. The summed E-state index contributed by atoms with van der Waals surface area (Å²) in [5.74, 6) is 3.12. The Hall–Kier alpha value is -2.51. The molecule has 0 unspecified atom stereocenters. The zero-order valence-electron chi connectivity index (χ0n) is 14.3. The molecule has 3 aromatic rings. The van der Waals surface area contributed by atoms with Gasteiger partial charge in [-0.2, -0.15) is 0 Å². The number of fused-ring (bicyclic) bond motifs is 1. The first-order valence-corrected chi connectivity index (χ1v) is 8.47. The average Bonchev–Trinajstić information content (AvgIpc) is 3.19. The fourth-order valence-corrected chi connectivity index (χ4v) is 3.38. The fraction of sp³-hybridized carbons (Fsp3) is 0.562. The van der Waals surface area contributed by atoms with E-state index in [1.54, 1.807) is 4.63 Å². The predicted octanol–water partition coefficient (Wildman–Crippen LogP) is 1.99. The third-order valence-corrected chi connectivity index (χ3v) is 4.57. The third kappa shape index (κ3) is 2.61. The minimum absolute atomic E-state index is 0.373. The molecule has 0 N–H and O–H groups in total. The number of hydrogen-bond donors (Lipinski definition) is 0. The fourth-order valence-electron chi connectivity index (χ4n) is 3.38. The maximum Gasteiger partial charge on any atom is 0.176 e. The first-order chi connectivity index (χ1) is 11.6. The molecule has 8 heteroatoms. The van der Waals surface area contributed by atoms with E-state index in [-0.39, 0.29) is 0 Å². The second-order valence-electron chi connectivity index (χ2n) is 6.67. The zero-order valence-corrected chi connectivity index (χ0v) is 14.3. The number of aromatic nitrogens is 7. The first kappa shape index (κ1) is 15.0. The smallest absolute Gasteiger partial charge is 0.176 e. The molecule has 0 bridgehead atoms. The van der Waals surface area contributed by atoms with Crippen molar-refractivity contribution in [1.82, 2.24) is 34.6 Å². The van der Waals surface area contributed by atoms with Crippen LogP contribution < -0.4 is 4.90 Å². The Balaban J connectivity index is 1.60.